The van der Waals surface area contributed by atoms with Crippen LogP contribution in [0.5, 0.6) is 0 Å². The Balaban J connectivity index is 1.47. The van der Waals surface area contributed by atoms with Crippen LogP contribution >= 0.6 is 0 Å². The van der Waals surface area contributed by atoms with E-state index in [1.807, 2.05) is 6.20 Å². The molecule has 0 unspecified atom stereocenters. The van der Waals surface area contributed by atoms with Crippen molar-refractivity contribution >= 4 is 0 Å². The van der Waals surface area contributed by atoms with E-state index in [1.54, 1.807) is 17.1 Å². The van der Waals surface area contributed by atoms with E-state index >= 15 is 0 Å². The van der Waals surface area contributed by atoms with Crippen LogP contribution in [-0.2, 0) is 11.3 Å². The summed E-state index contributed by atoms with van der Waals surface area (Å²) in [6.45, 7) is 4.61. The number of benzene rings is 1. The average molecular weight is 310 g/mol. The first kappa shape index (κ1) is 14.1. The molecule has 3 aromatic rings. The van der Waals surface area contributed by atoms with Gasteiger partial charge in [0, 0.05) is 31.4 Å². The number of ether oxygens (including phenoxy) is 1. The van der Waals surface area contributed by atoms with Gasteiger partial charge in [0.15, 0.2) is 0 Å². The molecule has 23 heavy (non-hydrogen) atoms. The Morgan fingerprint density at radius 3 is 2.70 bits per heavy atom. The molecule has 118 valence electrons. The molecule has 4 rings (SSSR count). The van der Waals surface area contributed by atoms with Crippen LogP contribution in [0.4, 0.5) is 0 Å². The van der Waals surface area contributed by atoms with Crippen molar-refractivity contribution < 1.29 is 4.74 Å². The number of H-pyrrole nitrogens is 1. The highest BCUT2D eigenvalue weighted by atomic mass is 16.5. The van der Waals surface area contributed by atoms with Gasteiger partial charge in [0.1, 0.15) is 5.69 Å². The number of hydrogen-bond acceptors (Lipinski definition) is 5. The van der Waals surface area contributed by atoms with Crippen molar-refractivity contribution in [1.29, 1.82) is 0 Å². The molecule has 7 heteroatoms. The van der Waals surface area contributed by atoms with Gasteiger partial charge in [-0.25, -0.2) is 4.68 Å². The van der Waals surface area contributed by atoms with Crippen molar-refractivity contribution in [3.05, 3.63) is 48.4 Å². The summed E-state index contributed by atoms with van der Waals surface area (Å²) < 4.78 is 7.16. The largest absolute Gasteiger partial charge is 0.379 e. The second kappa shape index (κ2) is 6.31. The second-order valence-corrected chi connectivity index (χ2v) is 5.59. The number of hydrogen-bond donors (Lipinski definition) is 1. The summed E-state index contributed by atoms with van der Waals surface area (Å²) in [5.74, 6) is 0. The smallest absolute Gasteiger partial charge is 0.116 e. The van der Waals surface area contributed by atoms with Crippen molar-refractivity contribution in [2.24, 2.45) is 0 Å². The molecule has 1 saturated heterocycles. The van der Waals surface area contributed by atoms with Gasteiger partial charge in [-0.3, -0.25) is 10.00 Å². The van der Waals surface area contributed by atoms with Gasteiger partial charge < -0.3 is 4.74 Å². The molecule has 0 amide bonds. The van der Waals surface area contributed by atoms with Crippen LogP contribution in [0.1, 0.15) is 5.56 Å². The normalized spacial score (nSPS) is 15.8. The van der Waals surface area contributed by atoms with E-state index < -0.39 is 0 Å². The van der Waals surface area contributed by atoms with Gasteiger partial charge in [-0.1, -0.05) is 17.3 Å². The van der Waals surface area contributed by atoms with E-state index in [9.17, 15) is 0 Å². The molecular formula is C16H18N6O. The summed E-state index contributed by atoms with van der Waals surface area (Å²) in [4.78, 5) is 2.41. The number of nitrogens with one attached hydrogen (secondary N) is 1. The molecule has 0 atom stereocenters. The Kier molecular flexibility index (Phi) is 3.87. The SMILES string of the molecule is c1cc(-n2cc(-c3cn[nH]c3)nn2)ccc1CN1CCOCC1. The number of nitrogens with zero attached hydrogens (tertiary/aromatic N) is 5. The lowest BCUT2D eigenvalue weighted by Crippen LogP contribution is -2.35. The van der Waals surface area contributed by atoms with E-state index in [2.05, 4.69) is 49.7 Å². The molecule has 0 radical (unpaired) electrons. The molecule has 0 bridgehead atoms. The average Bonchev–Trinajstić information content (AvgIpc) is 3.28. The third-order valence-corrected chi connectivity index (χ3v) is 4.00. The highest BCUT2D eigenvalue weighted by Crippen LogP contribution is 2.16. The van der Waals surface area contributed by atoms with Gasteiger partial charge in [-0.05, 0) is 17.7 Å². The zero-order chi connectivity index (χ0) is 15.5. The predicted molar refractivity (Wildman–Crippen MR) is 85.0 cm³/mol. The van der Waals surface area contributed by atoms with Gasteiger partial charge in [0.2, 0.25) is 0 Å². The molecule has 1 aliphatic rings. The molecule has 7 nitrogen and oxygen atoms in total. The first-order chi connectivity index (χ1) is 11.4. The van der Waals surface area contributed by atoms with Crippen LogP contribution in [0.2, 0.25) is 0 Å². The lowest BCUT2D eigenvalue weighted by atomic mass is 10.2. The number of morpholine rings is 1. The van der Waals surface area contributed by atoms with Crippen molar-refractivity contribution in [2.75, 3.05) is 26.3 Å². The van der Waals surface area contributed by atoms with E-state index in [1.165, 1.54) is 5.56 Å². The Morgan fingerprint density at radius 2 is 1.96 bits per heavy atom. The fourth-order valence-electron chi connectivity index (χ4n) is 2.68. The van der Waals surface area contributed by atoms with Crippen LogP contribution in [0.15, 0.2) is 42.9 Å². The molecule has 1 aromatic carbocycles. The first-order valence-corrected chi connectivity index (χ1v) is 7.69. The molecule has 0 aliphatic carbocycles. The Labute approximate surface area is 133 Å². The van der Waals surface area contributed by atoms with Crippen LogP contribution in [0, 0.1) is 0 Å². The van der Waals surface area contributed by atoms with Gasteiger partial charge in [-0.15, -0.1) is 5.10 Å². The van der Waals surface area contributed by atoms with E-state index in [0.717, 1.165) is 49.8 Å². The predicted octanol–water partition coefficient (Wildman–Crippen LogP) is 1.49. The summed E-state index contributed by atoms with van der Waals surface area (Å²) >= 11 is 0. The number of rotatable bonds is 4. The van der Waals surface area contributed by atoms with Gasteiger partial charge in [0.05, 0.1) is 31.3 Å². The highest BCUT2D eigenvalue weighted by molar-refractivity contribution is 5.55. The fourth-order valence-corrected chi connectivity index (χ4v) is 2.68. The third kappa shape index (κ3) is 3.15. The van der Waals surface area contributed by atoms with Gasteiger partial charge in [-0.2, -0.15) is 5.10 Å². The monoisotopic (exact) mass is 310 g/mol. The Bertz CT molecular complexity index is 743. The van der Waals surface area contributed by atoms with Crippen molar-refractivity contribution in [1.82, 2.24) is 30.1 Å². The van der Waals surface area contributed by atoms with E-state index in [0.29, 0.717) is 0 Å². The van der Waals surface area contributed by atoms with Crippen LogP contribution < -0.4 is 0 Å². The summed E-state index contributed by atoms with van der Waals surface area (Å²) in [6.07, 6.45) is 5.45. The molecule has 1 N–H and O–H groups in total. The van der Waals surface area contributed by atoms with Crippen molar-refractivity contribution in [3.63, 3.8) is 0 Å². The van der Waals surface area contributed by atoms with Crippen LogP contribution in [0.3, 0.4) is 0 Å². The number of aromatic amines is 1. The van der Waals surface area contributed by atoms with E-state index in [4.69, 9.17) is 4.74 Å². The van der Waals surface area contributed by atoms with Crippen LogP contribution in [0.25, 0.3) is 16.9 Å². The van der Waals surface area contributed by atoms with Crippen molar-refractivity contribution in [2.45, 2.75) is 6.54 Å². The topological polar surface area (TPSA) is 71.9 Å². The summed E-state index contributed by atoms with van der Waals surface area (Å²) in [5.41, 5.74) is 4.03. The number of aromatic nitrogens is 5. The zero-order valence-corrected chi connectivity index (χ0v) is 12.7. The zero-order valence-electron chi connectivity index (χ0n) is 12.7. The fraction of sp³-hybridized carbons (Fsp3) is 0.312. The lowest BCUT2D eigenvalue weighted by Gasteiger charge is -2.26. The standard InChI is InChI=1S/C16H18N6O/c1-3-15(4-2-13(1)11-21-5-7-23-8-6-21)22-12-16(19-20-22)14-9-17-18-10-14/h1-4,9-10,12H,5-8,11H2,(H,17,18). The van der Waals surface area contributed by atoms with Gasteiger partial charge >= 0.3 is 0 Å². The minimum absolute atomic E-state index is 0.802. The molecule has 2 aromatic heterocycles. The highest BCUT2D eigenvalue weighted by Gasteiger charge is 2.11. The van der Waals surface area contributed by atoms with Gasteiger partial charge in [0.25, 0.3) is 0 Å². The first-order valence-electron chi connectivity index (χ1n) is 7.69. The Morgan fingerprint density at radius 1 is 1.13 bits per heavy atom. The maximum absolute atomic E-state index is 5.38. The summed E-state index contributed by atoms with van der Waals surface area (Å²) in [6, 6.07) is 8.43. The molecule has 1 fully saturated rings. The Hall–Kier alpha value is -2.51. The molecule has 0 spiro atoms. The minimum atomic E-state index is 0.802. The second-order valence-electron chi connectivity index (χ2n) is 5.59. The molecule has 3 heterocycles. The maximum atomic E-state index is 5.38. The molecule has 1 aliphatic heterocycles. The van der Waals surface area contributed by atoms with Crippen LogP contribution in [-0.4, -0.2) is 56.4 Å². The van der Waals surface area contributed by atoms with Crippen molar-refractivity contribution in [3.8, 4) is 16.9 Å². The minimum Gasteiger partial charge on any atom is -0.379 e. The maximum Gasteiger partial charge on any atom is 0.116 e. The quantitative estimate of drug-likeness (QED) is 0.790. The molecule has 0 saturated carbocycles. The summed E-state index contributed by atoms with van der Waals surface area (Å²) in [5, 5.41) is 15.1. The van der Waals surface area contributed by atoms with E-state index in [-0.39, 0.29) is 0 Å². The third-order valence-electron chi connectivity index (χ3n) is 4.00. The summed E-state index contributed by atoms with van der Waals surface area (Å²) in [7, 11) is 0. The lowest BCUT2D eigenvalue weighted by molar-refractivity contribution is 0.0342. The molecular weight excluding hydrogens is 292 g/mol.